The molecule has 3 fully saturated rings. The summed E-state index contributed by atoms with van der Waals surface area (Å²) < 4.78 is 38.9. The van der Waals surface area contributed by atoms with Crippen molar-refractivity contribution in [3.63, 3.8) is 0 Å². The molecule has 1 saturated heterocycles. The van der Waals surface area contributed by atoms with Gasteiger partial charge in [0.15, 0.2) is 14.7 Å². The Balaban J connectivity index is 1.27. The standard InChI is InChI=1S/C26H21F2O3S/c27-16-1-7-19(8-2-16)32(20-9-3-17(28)4-10-20)21-11-5-18(6-12-21)30-24-15-13-22-23(14-15)26(29)31-25(22)24/h1-12,15,22-25H,13-14H2/q+1. The molecule has 3 aliphatic rings. The summed E-state index contributed by atoms with van der Waals surface area (Å²) in [4.78, 5) is 14.9. The number of carbonyl (C=O) groups excluding carboxylic acids is 1. The number of esters is 1. The van der Waals surface area contributed by atoms with E-state index in [4.69, 9.17) is 9.47 Å². The Morgan fingerprint density at radius 1 is 0.781 bits per heavy atom. The van der Waals surface area contributed by atoms with Crippen molar-refractivity contribution >= 4 is 16.9 Å². The highest BCUT2D eigenvalue weighted by atomic mass is 32.2. The van der Waals surface area contributed by atoms with Crippen molar-refractivity contribution in [3.05, 3.63) is 84.4 Å². The van der Waals surface area contributed by atoms with E-state index in [9.17, 15) is 13.6 Å². The Morgan fingerprint density at radius 2 is 1.31 bits per heavy atom. The smallest absolute Gasteiger partial charge is 0.309 e. The van der Waals surface area contributed by atoms with Crippen molar-refractivity contribution < 1.29 is 23.0 Å². The van der Waals surface area contributed by atoms with E-state index in [1.54, 1.807) is 24.3 Å². The Hall–Kier alpha value is -2.86. The van der Waals surface area contributed by atoms with Crippen molar-refractivity contribution in [1.29, 1.82) is 0 Å². The molecule has 5 atom stereocenters. The minimum atomic E-state index is -0.510. The summed E-state index contributed by atoms with van der Waals surface area (Å²) in [5.41, 5.74) is 0. The van der Waals surface area contributed by atoms with Crippen LogP contribution in [0.5, 0.6) is 5.75 Å². The van der Waals surface area contributed by atoms with Crippen LogP contribution in [0, 0.1) is 29.4 Å². The zero-order valence-electron chi connectivity index (χ0n) is 17.1. The lowest BCUT2D eigenvalue weighted by atomic mass is 9.88. The number of rotatable bonds is 5. The van der Waals surface area contributed by atoms with Gasteiger partial charge in [0.25, 0.3) is 0 Å². The van der Waals surface area contributed by atoms with E-state index in [-0.39, 0.29) is 35.7 Å². The molecule has 0 aromatic heterocycles. The van der Waals surface area contributed by atoms with E-state index in [1.165, 1.54) is 24.3 Å². The molecule has 5 unspecified atom stereocenters. The van der Waals surface area contributed by atoms with Crippen LogP contribution < -0.4 is 4.74 Å². The monoisotopic (exact) mass is 451 g/mol. The van der Waals surface area contributed by atoms with Gasteiger partial charge in [-0.05, 0) is 85.6 Å². The van der Waals surface area contributed by atoms with Crippen LogP contribution in [-0.2, 0) is 20.4 Å². The molecule has 2 aliphatic carbocycles. The minimum absolute atomic E-state index is 0.0633. The van der Waals surface area contributed by atoms with E-state index in [1.807, 2.05) is 24.3 Å². The number of benzene rings is 3. The first kappa shape index (κ1) is 19.8. The van der Waals surface area contributed by atoms with E-state index in [0.29, 0.717) is 11.8 Å². The van der Waals surface area contributed by atoms with Crippen LogP contribution in [-0.4, -0.2) is 18.2 Å². The first-order valence-electron chi connectivity index (χ1n) is 10.8. The van der Waals surface area contributed by atoms with Crippen LogP contribution in [0.3, 0.4) is 0 Å². The molecule has 32 heavy (non-hydrogen) atoms. The summed E-state index contributed by atoms with van der Waals surface area (Å²) >= 11 is 0. The average Bonchev–Trinajstić information content (AvgIpc) is 3.43. The predicted octanol–water partition coefficient (Wildman–Crippen LogP) is 5.39. The Morgan fingerprint density at radius 3 is 1.88 bits per heavy atom. The highest BCUT2D eigenvalue weighted by Crippen LogP contribution is 2.55. The second-order valence-electron chi connectivity index (χ2n) is 8.67. The lowest BCUT2D eigenvalue weighted by Crippen LogP contribution is -2.36. The second-order valence-corrected chi connectivity index (χ2v) is 10.7. The highest BCUT2D eigenvalue weighted by Gasteiger charge is 2.63. The van der Waals surface area contributed by atoms with Gasteiger partial charge >= 0.3 is 5.97 Å². The van der Waals surface area contributed by atoms with Gasteiger partial charge < -0.3 is 9.47 Å². The summed E-state index contributed by atoms with van der Waals surface area (Å²) in [5, 5.41) is 0. The molecule has 3 aromatic carbocycles. The maximum Gasteiger partial charge on any atom is 0.309 e. The second kappa shape index (κ2) is 7.62. The number of fused-ring (bicyclic) bond motifs is 1. The van der Waals surface area contributed by atoms with Crippen molar-refractivity contribution in [2.24, 2.45) is 17.8 Å². The highest BCUT2D eigenvalue weighted by molar-refractivity contribution is 7.97. The molecule has 1 heterocycles. The van der Waals surface area contributed by atoms with Crippen LogP contribution in [0.15, 0.2) is 87.5 Å². The van der Waals surface area contributed by atoms with E-state index < -0.39 is 10.9 Å². The van der Waals surface area contributed by atoms with Crippen LogP contribution >= 0.6 is 0 Å². The molecule has 162 valence electrons. The van der Waals surface area contributed by atoms with Crippen LogP contribution in [0.4, 0.5) is 8.78 Å². The van der Waals surface area contributed by atoms with Gasteiger partial charge in [0.2, 0.25) is 0 Å². The molecule has 0 amide bonds. The van der Waals surface area contributed by atoms with E-state index >= 15 is 0 Å². The Labute approximate surface area is 187 Å². The molecule has 3 aromatic rings. The molecule has 6 heteroatoms. The fourth-order valence-electron chi connectivity index (χ4n) is 5.43. The Bertz CT molecular complexity index is 1100. The van der Waals surface area contributed by atoms with Gasteiger partial charge in [0, 0.05) is 11.8 Å². The topological polar surface area (TPSA) is 35.5 Å². The minimum Gasteiger partial charge on any atom is -0.486 e. The number of hydrogen-bond donors (Lipinski definition) is 0. The molecule has 0 spiro atoms. The first-order valence-corrected chi connectivity index (χ1v) is 12.0. The SMILES string of the molecule is O=C1OC2C3CC(CC13)C2Oc1ccc([S+](c2ccc(F)cc2)c2ccc(F)cc2)cc1. The summed E-state index contributed by atoms with van der Waals surface area (Å²) in [6, 6.07) is 20.7. The quantitative estimate of drug-likeness (QED) is 0.386. The molecule has 0 N–H and O–H groups in total. The molecule has 2 bridgehead atoms. The summed E-state index contributed by atoms with van der Waals surface area (Å²) in [7, 11) is -0.510. The zero-order valence-corrected chi connectivity index (χ0v) is 17.9. The fourth-order valence-corrected chi connectivity index (χ4v) is 7.47. The van der Waals surface area contributed by atoms with Crippen LogP contribution in [0.25, 0.3) is 0 Å². The number of halogens is 2. The molecule has 1 aliphatic heterocycles. The third kappa shape index (κ3) is 3.28. The molecule has 6 rings (SSSR count). The van der Waals surface area contributed by atoms with Gasteiger partial charge in [-0.25, -0.2) is 8.78 Å². The third-order valence-corrected chi connectivity index (χ3v) is 9.07. The van der Waals surface area contributed by atoms with Gasteiger partial charge in [0.1, 0.15) is 29.6 Å². The first-order chi connectivity index (χ1) is 15.6. The van der Waals surface area contributed by atoms with Gasteiger partial charge in [-0.2, -0.15) is 0 Å². The van der Waals surface area contributed by atoms with Gasteiger partial charge in [-0.15, -0.1) is 0 Å². The molecule has 3 nitrogen and oxygen atoms in total. The maximum absolute atomic E-state index is 13.5. The lowest BCUT2D eigenvalue weighted by molar-refractivity contribution is -0.145. The molecular weight excluding hydrogens is 430 g/mol. The Kier molecular flexibility index (Phi) is 4.72. The zero-order chi connectivity index (χ0) is 21.8. The number of carbonyl (C=O) groups is 1. The van der Waals surface area contributed by atoms with Crippen molar-refractivity contribution in [2.75, 3.05) is 0 Å². The van der Waals surface area contributed by atoms with Gasteiger partial charge in [-0.1, -0.05) is 0 Å². The predicted molar refractivity (Wildman–Crippen MR) is 115 cm³/mol. The fraction of sp³-hybridized carbons (Fsp3) is 0.269. The van der Waals surface area contributed by atoms with Crippen LogP contribution in [0.1, 0.15) is 12.8 Å². The normalized spacial score (nSPS) is 27.7. The van der Waals surface area contributed by atoms with Crippen molar-refractivity contribution in [1.82, 2.24) is 0 Å². The van der Waals surface area contributed by atoms with E-state index in [2.05, 4.69) is 0 Å². The molecule has 2 saturated carbocycles. The van der Waals surface area contributed by atoms with Crippen molar-refractivity contribution in [2.45, 2.75) is 39.7 Å². The average molecular weight is 452 g/mol. The number of ether oxygens (including phenoxy) is 2. The lowest BCUT2D eigenvalue weighted by Gasteiger charge is -2.26. The van der Waals surface area contributed by atoms with Crippen LogP contribution in [0.2, 0.25) is 0 Å². The van der Waals surface area contributed by atoms with E-state index in [0.717, 1.165) is 33.3 Å². The van der Waals surface area contributed by atoms with Gasteiger partial charge in [-0.3, -0.25) is 4.79 Å². The summed E-state index contributed by atoms with van der Waals surface area (Å²) in [5.74, 6) is 0.843. The molecule has 0 radical (unpaired) electrons. The largest absolute Gasteiger partial charge is 0.486 e. The molecular formula is C26H21F2O3S+. The maximum atomic E-state index is 13.5. The summed E-state index contributed by atoms with van der Waals surface area (Å²) in [6.45, 7) is 0. The van der Waals surface area contributed by atoms with Gasteiger partial charge in [0.05, 0.1) is 16.8 Å². The van der Waals surface area contributed by atoms with Crippen molar-refractivity contribution in [3.8, 4) is 5.75 Å². The number of hydrogen-bond acceptors (Lipinski definition) is 3. The summed E-state index contributed by atoms with van der Waals surface area (Å²) in [6.07, 6.45) is 1.66. The third-order valence-electron chi connectivity index (χ3n) is 6.84.